The number of piperazine rings is 1. The van der Waals surface area contributed by atoms with Crippen molar-refractivity contribution in [1.82, 2.24) is 20.0 Å². The van der Waals surface area contributed by atoms with E-state index in [2.05, 4.69) is 38.4 Å². The SMILES string of the molecule is CN1CCN(C(=O)c2ccc(Nc3ccccc3N3CCOCC3)nn2)CC1. The van der Waals surface area contributed by atoms with Crippen molar-refractivity contribution in [3.8, 4) is 0 Å². The molecule has 0 saturated carbocycles. The minimum absolute atomic E-state index is 0.0548. The van der Waals surface area contributed by atoms with Gasteiger partial charge in [-0.15, -0.1) is 10.2 Å². The summed E-state index contributed by atoms with van der Waals surface area (Å²) in [7, 11) is 2.07. The van der Waals surface area contributed by atoms with Crippen molar-refractivity contribution in [3.63, 3.8) is 0 Å². The van der Waals surface area contributed by atoms with E-state index < -0.39 is 0 Å². The third kappa shape index (κ3) is 4.23. The topological polar surface area (TPSA) is 73.8 Å². The Labute approximate surface area is 165 Å². The maximum Gasteiger partial charge on any atom is 0.274 e. The molecule has 0 spiro atoms. The minimum atomic E-state index is -0.0548. The van der Waals surface area contributed by atoms with Gasteiger partial charge in [-0.1, -0.05) is 12.1 Å². The molecule has 8 heteroatoms. The van der Waals surface area contributed by atoms with E-state index in [-0.39, 0.29) is 5.91 Å². The fourth-order valence-corrected chi connectivity index (χ4v) is 3.48. The van der Waals surface area contributed by atoms with Crippen LogP contribution in [0.5, 0.6) is 0 Å². The van der Waals surface area contributed by atoms with Crippen LogP contribution in [-0.4, -0.2) is 85.4 Å². The molecular weight excluding hydrogens is 356 g/mol. The third-order valence-electron chi connectivity index (χ3n) is 5.19. The van der Waals surface area contributed by atoms with Crippen LogP contribution in [0.25, 0.3) is 0 Å². The van der Waals surface area contributed by atoms with Gasteiger partial charge in [0.05, 0.1) is 24.6 Å². The number of rotatable bonds is 4. The summed E-state index contributed by atoms with van der Waals surface area (Å²) in [5.41, 5.74) is 2.47. The predicted octanol–water partition coefficient (Wildman–Crippen LogP) is 1.44. The van der Waals surface area contributed by atoms with E-state index in [1.807, 2.05) is 29.2 Å². The second kappa shape index (κ2) is 8.53. The predicted molar refractivity (Wildman–Crippen MR) is 108 cm³/mol. The van der Waals surface area contributed by atoms with Crippen LogP contribution >= 0.6 is 0 Å². The first-order valence-electron chi connectivity index (χ1n) is 9.71. The Bertz CT molecular complexity index is 799. The van der Waals surface area contributed by atoms with Crippen LogP contribution in [0.1, 0.15) is 10.5 Å². The molecule has 2 fully saturated rings. The molecule has 0 radical (unpaired) electrons. The van der Waals surface area contributed by atoms with Crippen LogP contribution < -0.4 is 10.2 Å². The zero-order valence-corrected chi connectivity index (χ0v) is 16.2. The number of hydrogen-bond donors (Lipinski definition) is 1. The number of hydrogen-bond acceptors (Lipinski definition) is 7. The monoisotopic (exact) mass is 382 g/mol. The molecule has 3 heterocycles. The number of anilines is 3. The average molecular weight is 382 g/mol. The number of nitrogens with one attached hydrogen (secondary N) is 1. The second-order valence-corrected chi connectivity index (χ2v) is 7.14. The summed E-state index contributed by atoms with van der Waals surface area (Å²) in [5, 5.41) is 11.7. The van der Waals surface area contributed by atoms with E-state index in [1.54, 1.807) is 6.07 Å². The molecular formula is C20H26N6O2. The number of likely N-dealkylation sites (N-methyl/N-ethyl adjacent to an activating group) is 1. The van der Waals surface area contributed by atoms with E-state index in [9.17, 15) is 4.79 Å². The van der Waals surface area contributed by atoms with Crippen LogP contribution in [0, 0.1) is 0 Å². The van der Waals surface area contributed by atoms with Gasteiger partial charge in [-0.25, -0.2) is 0 Å². The molecule has 1 aromatic heterocycles. The molecule has 1 aromatic carbocycles. The Balaban J connectivity index is 1.44. The molecule has 28 heavy (non-hydrogen) atoms. The highest BCUT2D eigenvalue weighted by molar-refractivity contribution is 5.92. The molecule has 8 nitrogen and oxygen atoms in total. The Hall–Kier alpha value is -2.71. The Morgan fingerprint density at radius 3 is 2.43 bits per heavy atom. The number of carbonyl (C=O) groups excluding carboxylic acids is 1. The van der Waals surface area contributed by atoms with E-state index >= 15 is 0 Å². The third-order valence-corrected chi connectivity index (χ3v) is 5.19. The quantitative estimate of drug-likeness (QED) is 0.858. The van der Waals surface area contributed by atoms with Crippen LogP contribution in [0.2, 0.25) is 0 Å². The van der Waals surface area contributed by atoms with Crippen LogP contribution in [0.4, 0.5) is 17.2 Å². The number of aromatic nitrogens is 2. The number of amides is 1. The first-order chi connectivity index (χ1) is 13.7. The molecule has 2 saturated heterocycles. The highest BCUT2D eigenvalue weighted by atomic mass is 16.5. The van der Waals surface area contributed by atoms with Crippen molar-refractivity contribution in [2.75, 3.05) is 69.7 Å². The molecule has 1 amide bonds. The number of morpholine rings is 1. The lowest BCUT2D eigenvalue weighted by molar-refractivity contribution is 0.0657. The van der Waals surface area contributed by atoms with Crippen molar-refractivity contribution < 1.29 is 9.53 Å². The van der Waals surface area contributed by atoms with E-state index in [1.165, 1.54) is 0 Å². The van der Waals surface area contributed by atoms with E-state index in [4.69, 9.17) is 4.74 Å². The summed E-state index contributed by atoms with van der Waals surface area (Å²) in [6, 6.07) is 11.7. The maximum absolute atomic E-state index is 12.6. The lowest BCUT2D eigenvalue weighted by Gasteiger charge is -2.32. The lowest BCUT2D eigenvalue weighted by atomic mass is 10.2. The lowest BCUT2D eigenvalue weighted by Crippen LogP contribution is -2.47. The number of benzene rings is 1. The second-order valence-electron chi connectivity index (χ2n) is 7.14. The maximum atomic E-state index is 12.6. The van der Waals surface area contributed by atoms with Crippen molar-refractivity contribution >= 4 is 23.1 Å². The van der Waals surface area contributed by atoms with Crippen molar-refractivity contribution in [2.24, 2.45) is 0 Å². The van der Waals surface area contributed by atoms with Gasteiger partial charge in [-0.05, 0) is 31.3 Å². The van der Waals surface area contributed by atoms with Crippen molar-refractivity contribution in [2.45, 2.75) is 0 Å². The Morgan fingerprint density at radius 2 is 1.71 bits per heavy atom. The highest BCUT2D eigenvalue weighted by Gasteiger charge is 2.22. The van der Waals surface area contributed by atoms with Crippen LogP contribution in [0.3, 0.4) is 0 Å². The highest BCUT2D eigenvalue weighted by Crippen LogP contribution is 2.28. The van der Waals surface area contributed by atoms with Gasteiger partial charge < -0.3 is 24.8 Å². The summed E-state index contributed by atoms with van der Waals surface area (Å²) in [6.45, 7) is 6.42. The first kappa shape index (κ1) is 18.6. The zero-order valence-electron chi connectivity index (χ0n) is 16.2. The van der Waals surface area contributed by atoms with Gasteiger partial charge in [0.25, 0.3) is 5.91 Å². The zero-order chi connectivity index (χ0) is 19.3. The molecule has 0 unspecified atom stereocenters. The van der Waals surface area contributed by atoms with Gasteiger partial charge in [-0.2, -0.15) is 0 Å². The molecule has 0 atom stereocenters. The van der Waals surface area contributed by atoms with Crippen LogP contribution in [0.15, 0.2) is 36.4 Å². The molecule has 1 N–H and O–H groups in total. The normalized spacial score (nSPS) is 18.2. The summed E-state index contributed by atoms with van der Waals surface area (Å²) in [4.78, 5) is 19.0. The Morgan fingerprint density at radius 1 is 0.964 bits per heavy atom. The van der Waals surface area contributed by atoms with Crippen molar-refractivity contribution in [1.29, 1.82) is 0 Å². The van der Waals surface area contributed by atoms with Gasteiger partial charge >= 0.3 is 0 Å². The molecule has 2 aliphatic heterocycles. The molecule has 0 bridgehead atoms. The standard InChI is InChI=1S/C20H26N6O2/c1-24-8-10-26(11-9-24)20(27)17-6-7-19(23-22-17)21-16-4-2-3-5-18(16)25-12-14-28-15-13-25/h2-7H,8-15H2,1H3,(H,21,23). The number of carbonyl (C=O) groups is 1. The van der Waals surface area contributed by atoms with E-state index in [0.29, 0.717) is 11.5 Å². The number of para-hydroxylation sites is 2. The fourth-order valence-electron chi connectivity index (χ4n) is 3.48. The number of ether oxygens (including phenoxy) is 1. The van der Waals surface area contributed by atoms with Gasteiger partial charge in [0.2, 0.25) is 0 Å². The summed E-state index contributed by atoms with van der Waals surface area (Å²) in [5.74, 6) is 0.566. The minimum Gasteiger partial charge on any atom is -0.378 e. The van der Waals surface area contributed by atoms with Gasteiger partial charge in [0, 0.05) is 39.3 Å². The summed E-state index contributed by atoms with van der Waals surface area (Å²) in [6.07, 6.45) is 0. The fraction of sp³-hybridized carbons (Fsp3) is 0.450. The van der Waals surface area contributed by atoms with E-state index in [0.717, 1.165) is 63.9 Å². The van der Waals surface area contributed by atoms with Gasteiger partial charge in [-0.3, -0.25) is 4.79 Å². The first-order valence-corrected chi connectivity index (χ1v) is 9.71. The number of nitrogens with zero attached hydrogens (tertiary/aromatic N) is 5. The van der Waals surface area contributed by atoms with Crippen LogP contribution in [-0.2, 0) is 4.74 Å². The molecule has 2 aromatic rings. The van der Waals surface area contributed by atoms with Gasteiger partial charge in [0.1, 0.15) is 0 Å². The summed E-state index contributed by atoms with van der Waals surface area (Å²) < 4.78 is 5.45. The molecule has 4 rings (SSSR count). The Kier molecular flexibility index (Phi) is 5.68. The largest absolute Gasteiger partial charge is 0.378 e. The van der Waals surface area contributed by atoms with Gasteiger partial charge in [0.15, 0.2) is 11.5 Å². The van der Waals surface area contributed by atoms with Crippen molar-refractivity contribution in [3.05, 3.63) is 42.1 Å². The average Bonchev–Trinajstić information content (AvgIpc) is 2.75. The molecule has 2 aliphatic rings. The molecule has 148 valence electrons. The summed E-state index contributed by atoms with van der Waals surface area (Å²) >= 11 is 0. The molecule has 0 aliphatic carbocycles. The smallest absolute Gasteiger partial charge is 0.274 e.